The Morgan fingerprint density at radius 2 is 1.83 bits per heavy atom. The molecule has 23 heavy (non-hydrogen) atoms. The normalized spacial score (nSPS) is 14.4. The summed E-state index contributed by atoms with van der Waals surface area (Å²) in [6.45, 7) is 3.31. The van der Waals surface area contributed by atoms with E-state index >= 15 is 0 Å². The second-order valence-electron chi connectivity index (χ2n) is 5.72. The van der Waals surface area contributed by atoms with E-state index in [0.717, 1.165) is 37.1 Å². The number of fused-ring (bicyclic) bond motifs is 1. The molecule has 2 heterocycles. The lowest BCUT2D eigenvalue weighted by atomic mass is 10.1. The number of rotatable bonds is 4. The average Bonchev–Trinajstić information content (AvgIpc) is 3.04. The fourth-order valence-electron chi connectivity index (χ4n) is 2.75. The highest BCUT2D eigenvalue weighted by Crippen LogP contribution is 2.32. The quantitative estimate of drug-likeness (QED) is 0.819. The molecule has 0 saturated heterocycles. The third-order valence-electron chi connectivity index (χ3n) is 4.05. The number of benzene rings is 1. The van der Waals surface area contributed by atoms with E-state index in [1.807, 2.05) is 10.8 Å². The summed E-state index contributed by atoms with van der Waals surface area (Å²) in [5.74, 6) is -0.0170. The number of halogens is 3. The first-order chi connectivity index (χ1) is 10.9. The number of carbonyl (C=O) groups is 1. The molecule has 0 atom stereocenters. The van der Waals surface area contributed by atoms with Crippen molar-refractivity contribution in [3.63, 3.8) is 0 Å². The van der Waals surface area contributed by atoms with Gasteiger partial charge in [-0.2, -0.15) is 13.2 Å². The minimum absolute atomic E-state index is 0.0170. The highest BCUT2D eigenvalue weighted by atomic mass is 19.4. The van der Waals surface area contributed by atoms with Gasteiger partial charge < -0.3 is 9.47 Å². The Morgan fingerprint density at radius 3 is 2.39 bits per heavy atom. The van der Waals surface area contributed by atoms with Crippen molar-refractivity contribution in [3.05, 3.63) is 47.8 Å². The molecule has 0 radical (unpaired) electrons. The maximum absolute atomic E-state index is 12.6. The summed E-state index contributed by atoms with van der Waals surface area (Å²) in [4.78, 5) is 14.1. The molecule has 1 aliphatic rings. The molecule has 0 N–H and O–H groups in total. The van der Waals surface area contributed by atoms with Crippen molar-refractivity contribution >= 4 is 5.91 Å². The summed E-state index contributed by atoms with van der Waals surface area (Å²) < 4.78 is 39.6. The smallest absolute Gasteiger partial charge is 0.325 e. The molecule has 122 valence electrons. The molecule has 0 spiro atoms. The van der Waals surface area contributed by atoms with Crippen molar-refractivity contribution in [2.24, 2.45) is 0 Å². The molecule has 3 rings (SSSR count). The monoisotopic (exact) mass is 322 g/mol. The van der Waals surface area contributed by atoms with Crippen molar-refractivity contribution in [1.82, 2.24) is 9.47 Å². The number of aromatic nitrogens is 1. The molecule has 1 aliphatic heterocycles. The zero-order valence-electron chi connectivity index (χ0n) is 12.7. The Bertz CT molecular complexity index is 716. The van der Waals surface area contributed by atoms with Gasteiger partial charge in [0.05, 0.1) is 12.2 Å². The maximum Gasteiger partial charge on any atom is 0.416 e. The van der Waals surface area contributed by atoms with Gasteiger partial charge in [0.1, 0.15) is 5.69 Å². The van der Waals surface area contributed by atoms with Crippen LogP contribution in [-0.4, -0.2) is 21.9 Å². The van der Waals surface area contributed by atoms with Crippen LogP contribution in [0.25, 0.3) is 11.1 Å². The Labute approximate surface area is 132 Å². The van der Waals surface area contributed by atoms with Gasteiger partial charge in [-0.05, 0) is 30.2 Å². The van der Waals surface area contributed by atoms with Gasteiger partial charge in [0.15, 0.2) is 0 Å². The molecule has 0 aliphatic carbocycles. The first-order valence-electron chi connectivity index (χ1n) is 7.57. The Hall–Kier alpha value is -2.24. The highest BCUT2D eigenvalue weighted by Gasteiger charge is 2.30. The van der Waals surface area contributed by atoms with Crippen LogP contribution in [-0.2, 0) is 12.8 Å². The van der Waals surface area contributed by atoms with E-state index in [-0.39, 0.29) is 5.91 Å². The van der Waals surface area contributed by atoms with Gasteiger partial charge in [-0.15, -0.1) is 0 Å². The number of nitrogens with zero attached hydrogens (tertiary/aromatic N) is 2. The molecule has 0 saturated carbocycles. The maximum atomic E-state index is 12.6. The van der Waals surface area contributed by atoms with Crippen LogP contribution in [0, 0.1) is 0 Å². The number of carbonyl (C=O) groups excluding carboxylic acids is 1. The topological polar surface area (TPSA) is 25.2 Å². The number of hydrogen-bond acceptors (Lipinski definition) is 1. The molecule has 0 bridgehead atoms. The van der Waals surface area contributed by atoms with Gasteiger partial charge in [-0.25, -0.2) is 0 Å². The zero-order chi connectivity index (χ0) is 16.6. The average molecular weight is 322 g/mol. The first-order valence-corrected chi connectivity index (χ1v) is 7.57. The lowest BCUT2D eigenvalue weighted by molar-refractivity contribution is -0.137. The molecule has 6 heteroatoms. The lowest BCUT2D eigenvalue weighted by Gasteiger charge is -2.14. The molecular formula is C17H17F3N2O. The molecule has 1 amide bonds. The van der Waals surface area contributed by atoms with Crippen molar-refractivity contribution in [2.75, 3.05) is 6.54 Å². The molecule has 0 unspecified atom stereocenters. The van der Waals surface area contributed by atoms with Crippen LogP contribution in [0.3, 0.4) is 0 Å². The Morgan fingerprint density at radius 1 is 1.13 bits per heavy atom. The van der Waals surface area contributed by atoms with Gasteiger partial charge in [0.2, 0.25) is 0 Å². The van der Waals surface area contributed by atoms with Crippen LogP contribution >= 0.6 is 0 Å². The van der Waals surface area contributed by atoms with E-state index in [2.05, 4.69) is 6.92 Å². The van der Waals surface area contributed by atoms with Gasteiger partial charge in [0.25, 0.3) is 5.91 Å². The van der Waals surface area contributed by atoms with Crippen LogP contribution in [0.1, 0.15) is 35.8 Å². The molecule has 3 nitrogen and oxygen atoms in total. The molecule has 1 aromatic heterocycles. The minimum Gasteiger partial charge on any atom is -0.325 e. The lowest BCUT2D eigenvalue weighted by Crippen LogP contribution is -2.25. The van der Waals surface area contributed by atoms with Crippen molar-refractivity contribution in [3.8, 4) is 11.1 Å². The number of alkyl halides is 3. The minimum atomic E-state index is -4.34. The molecule has 1 aromatic carbocycles. The Balaban J connectivity index is 1.80. The predicted octanol–water partition coefficient (Wildman–Crippen LogP) is 4.39. The van der Waals surface area contributed by atoms with Gasteiger partial charge >= 0.3 is 6.18 Å². The SMILES string of the molecule is CCCCN1Cn2cc(-c3ccc(C(F)(F)F)cc3)cc2C1=O. The summed E-state index contributed by atoms with van der Waals surface area (Å²) in [5, 5.41) is 0. The van der Waals surface area contributed by atoms with Crippen LogP contribution in [0.5, 0.6) is 0 Å². The van der Waals surface area contributed by atoms with Gasteiger partial charge in [-0.1, -0.05) is 25.5 Å². The van der Waals surface area contributed by atoms with Crippen LogP contribution in [0.2, 0.25) is 0 Å². The fourth-order valence-corrected chi connectivity index (χ4v) is 2.75. The third-order valence-corrected chi connectivity index (χ3v) is 4.05. The van der Waals surface area contributed by atoms with E-state index in [1.54, 1.807) is 11.0 Å². The van der Waals surface area contributed by atoms with Crippen LogP contribution in [0.15, 0.2) is 36.5 Å². The zero-order valence-corrected chi connectivity index (χ0v) is 12.7. The summed E-state index contributed by atoms with van der Waals surface area (Å²) in [6.07, 6.45) is -0.531. The number of amides is 1. The van der Waals surface area contributed by atoms with Crippen LogP contribution < -0.4 is 0 Å². The number of unbranched alkanes of at least 4 members (excludes halogenated alkanes) is 1. The first kappa shape index (κ1) is 15.6. The van der Waals surface area contributed by atoms with Crippen molar-refractivity contribution in [2.45, 2.75) is 32.6 Å². The summed E-state index contributed by atoms with van der Waals surface area (Å²) >= 11 is 0. The largest absolute Gasteiger partial charge is 0.416 e. The van der Waals surface area contributed by atoms with Gasteiger partial charge in [-0.3, -0.25) is 4.79 Å². The second kappa shape index (κ2) is 5.76. The van der Waals surface area contributed by atoms with E-state index in [0.29, 0.717) is 17.9 Å². The fraction of sp³-hybridized carbons (Fsp3) is 0.353. The van der Waals surface area contributed by atoms with E-state index in [9.17, 15) is 18.0 Å². The Kier molecular flexibility index (Phi) is 3.92. The van der Waals surface area contributed by atoms with Gasteiger partial charge in [0, 0.05) is 18.3 Å². The van der Waals surface area contributed by atoms with E-state index in [1.165, 1.54) is 12.1 Å². The second-order valence-corrected chi connectivity index (χ2v) is 5.72. The summed E-state index contributed by atoms with van der Waals surface area (Å²) in [7, 11) is 0. The molecule has 2 aromatic rings. The third kappa shape index (κ3) is 2.98. The van der Waals surface area contributed by atoms with E-state index < -0.39 is 11.7 Å². The summed E-state index contributed by atoms with van der Waals surface area (Å²) in [6, 6.07) is 6.75. The predicted molar refractivity (Wildman–Crippen MR) is 80.8 cm³/mol. The van der Waals surface area contributed by atoms with Crippen molar-refractivity contribution in [1.29, 1.82) is 0 Å². The number of hydrogen-bond donors (Lipinski definition) is 0. The van der Waals surface area contributed by atoms with Crippen LogP contribution in [0.4, 0.5) is 13.2 Å². The summed E-state index contributed by atoms with van der Waals surface area (Å²) in [5.41, 5.74) is 1.36. The molecular weight excluding hydrogens is 305 g/mol. The van der Waals surface area contributed by atoms with E-state index in [4.69, 9.17) is 0 Å². The standard InChI is InChI=1S/C17H17F3N2O/c1-2-3-8-21-11-22-10-13(9-15(22)16(21)23)12-4-6-14(7-5-12)17(18,19)20/h4-7,9-10H,2-3,8,11H2,1H3. The highest BCUT2D eigenvalue weighted by molar-refractivity contribution is 5.96. The molecule has 0 fully saturated rings. The van der Waals surface area contributed by atoms with Crippen molar-refractivity contribution < 1.29 is 18.0 Å².